The van der Waals surface area contributed by atoms with E-state index in [2.05, 4.69) is 6.92 Å². The first-order valence-electron chi connectivity index (χ1n) is 4.66. The summed E-state index contributed by atoms with van der Waals surface area (Å²) >= 11 is 0. The molecular formula is C12H15O. The smallest absolute Gasteiger partial charge is 0.140 e. The molecule has 0 heterocycles. The maximum atomic E-state index is 11.5. The predicted molar refractivity (Wildman–Crippen MR) is 54.5 cm³/mol. The molecule has 1 nitrogen and oxygen atoms in total. The highest BCUT2D eigenvalue weighted by atomic mass is 16.1. The highest BCUT2D eigenvalue weighted by molar-refractivity contribution is 5.86. The third-order valence-electron chi connectivity index (χ3n) is 2.09. The van der Waals surface area contributed by atoms with Gasteiger partial charge in [-0.3, -0.25) is 4.79 Å². The van der Waals surface area contributed by atoms with Crippen molar-refractivity contribution in [1.29, 1.82) is 0 Å². The van der Waals surface area contributed by atoms with Crippen molar-refractivity contribution in [2.24, 2.45) is 0 Å². The highest BCUT2D eigenvalue weighted by Crippen LogP contribution is 2.16. The molecule has 1 atom stereocenters. The molecule has 0 fully saturated rings. The van der Waals surface area contributed by atoms with E-state index in [4.69, 9.17) is 0 Å². The molecule has 1 aromatic carbocycles. The zero-order valence-electron chi connectivity index (χ0n) is 7.99. The third-order valence-corrected chi connectivity index (χ3v) is 2.09. The first-order chi connectivity index (χ1) is 6.25. The maximum Gasteiger partial charge on any atom is 0.140 e. The summed E-state index contributed by atoms with van der Waals surface area (Å²) in [7, 11) is 0. The standard InChI is InChI=1S/C12H15O/c1-3-7-12(13)10(2)11-8-5-4-6-9-11/h4-6,8-10H,2-3,7H2,1H3. The number of hydrogen-bond acceptors (Lipinski definition) is 1. The molecule has 1 heteroatoms. The first kappa shape index (κ1) is 9.97. The summed E-state index contributed by atoms with van der Waals surface area (Å²) in [6, 6.07) is 9.72. The molecule has 0 aliphatic heterocycles. The minimum absolute atomic E-state index is 0.193. The van der Waals surface area contributed by atoms with Gasteiger partial charge in [0, 0.05) is 12.3 Å². The number of carbonyl (C=O) groups is 1. The van der Waals surface area contributed by atoms with Gasteiger partial charge in [-0.15, -0.1) is 0 Å². The van der Waals surface area contributed by atoms with Crippen molar-refractivity contribution < 1.29 is 4.79 Å². The number of Topliss-reactive ketones (excluding diaryl/α,β-unsaturated/α-hetero) is 1. The molecule has 0 N–H and O–H groups in total. The van der Waals surface area contributed by atoms with Gasteiger partial charge in [0.05, 0.1) is 0 Å². The number of ketones is 1. The molecule has 0 saturated heterocycles. The van der Waals surface area contributed by atoms with Gasteiger partial charge in [-0.25, -0.2) is 0 Å². The van der Waals surface area contributed by atoms with E-state index in [0.29, 0.717) is 6.42 Å². The van der Waals surface area contributed by atoms with Crippen LogP contribution in [0.1, 0.15) is 31.2 Å². The Balaban J connectivity index is 2.68. The van der Waals surface area contributed by atoms with Gasteiger partial charge in [-0.1, -0.05) is 37.3 Å². The lowest BCUT2D eigenvalue weighted by Crippen LogP contribution is -2.08. The van der Waals surface area contributed by atoms with E-state index in [9.17, 15) is 4.79 Å². The van der Waals surface area contributed by atoms with Gasteiger partial charge in [0.2, 0.25) is 0 Å². The van der Waals surface area contributed by atoms with E-state index in [1.807, 2.05) is 37.3 Å². The maximum absolute atomic E-state index is 11.5. The number of rotatable bonds is 4. The summed E-state index contributed by atoms with van der Waals surface area (Å²) in [5, 5.41) is 0. The fourth-order valence-electron chi connectivity index (χ4n) is 1.29. The molecule has 0 aromatic heterocycles. The summed E-state index contributed by atoms with van der Waals surface area (Å²) in [6.45, 7) is 5.89. The Hall–Kier alpha value is -1.11. The van der Waals surface area contributed by atoms with Crippen molar-refractivity contribution in [3.63, 3.8) is 0 Å². The van der Waals surface area contributed by atoms with E-state index in [1.54, 1.807) is 0 Å². The second-order valence-corrected chi connectivity index (χ2v) is 3.18. The minimum Gasteiger partial charge on any atom is -0.299 e. The van der Waals surface area contributed by atoms with Crippen LogP contribution in [0.4, 0.5) is 0 Å². The Morgan fingerprint density at radius 1 is 1.38 bits per heavy atom. The zero-order valence-corrected chi connectivity index (χ0v) is 7.99. The van der Waals surface area contributed by atoms with Crippen molar-refractivity contribution in [2.75, 3.05) is 0 Å². The largest absolute Gasteiger partial charge is 0.299 e. The molecule has 0 bridgehead atoms. The van der Waals surface area contributed by atoms with E-state index < -0.39 is 0 Å². The molecule has 1 aromatic rings. The lowest BCUT2D eigenvalue weighted by molar-refractivity contribution is -0.119. The molecule has 0 spiro atoms. The van der Waals surface area contributed by atoms with Gasteiger partial charge in [0.25, 0.3) is 0 Å². The van der Waals surface area contributed by atoms with Crippen molar-refractivity contribution in [3.8, 4) is 0 Å². The SMILES string of the molecule is [CH2]C(C(=O)CCC)c1ccccc1. The fourth-order valence-corrected chi connectivity index (χ4v) is 1.29. The highest BCUT2D eigenvalue weighted by Gasteiger charge is 2.12. The number of carbonyl (C=O) groups excluding carboxylic acids is 1. The summed E-state index contributed by atoms with van der Waals surface area (Å²) in [4.78, 5) is 11.5. The quantitative estimate of drug-likeness (QED) is 0.687. The summed E-state index contributed by atoms with van der Waals surface area (Å²) in [5.41, 5.74) is 1.01. The Labute approximate surface area is 79.8 Å². The summed E-state index contributed by atoms with van der Waals surface area (Å²) in [6.07, 6.45) is 1.53. The molecule has 0 aliphatic carbocycles. The third kappa shape index (κ3) is 2.69. The normalized spacial score (nSPS) is 12.5. The monoisotopic (exact) mass is 175 g/mol. The van der Waals surface area contributed by atoms with Crippen molar-refractivity contribution in [3.05, 3.63) is 42.8 Å². The average Bonchev–Trinajstić information content (AvgIpc) is 2.18. The molecule has 13 heavy (non-hydrogen) atoms. The predicted octanol–water partition coefficient (Wildman–Crippen LogP) is 2.97. The Morgan fingerprint density at radius 2 is 2.00 bits per heavy atom. The van der Waals surface area contributed by atoms with E-state index in [1.165, 1.54) is 0 Å². The number of benzene rings is 1. The van der Waals surface area contributed by atoms with Crippen LogP contribution in [-0.4, -0.2) is 5.78 Å². The molecule has 1 rings (SSSR count). The second-order valence-electron chi connectivity index (χ2n) is 3.18. The van der Waals surface area contributed by atoms with Crippen LogP contribution in [0, 0.1) is 6.92 Å². The molecule has 1 unspecified atom stereocenters. The second kappa shape index (κ2) is 4.80. The van der Waals surface area contributed by atoms with Gasteiger partial charge in [0.15, 0.2) is 0 Å². The topological polar surface area (TPSA) is 17.1 Å². The van der Waals surface area contributed by atoms with Crippen LogP contribution >= 0.6 is 0 Å². The molecule has 0 amide bonds. The lowest BCUT2D eigenvalue weighted by Gasteiger charge is -2.09. The van der Waals surface area contributed by atoms with E-state index in [0.717, 1.165) is 12.0 Å². The van der Waals surface area contributed by atoms with Gasteiger partial charge in [0.1, 0.15) is 5.78 Å². The summed E-state index contributed by atoms with van der Waals surface area (Å²) < 4.78 is 0. The van der Waals surface area contributed by atoms with Crippen LogP contribution in [0.15, 0.2) is 30.3 Å². The Bertz CT molecular complexity index is 264. The molecular weight excluding hydrogens is 160 g/mol. The molecule has 0 aliphatic rings. The van der Waals surface area contributed by atoms with Crippen LogP contribution in [-0.2, 0) is 4.79 Å². The van der Waals surface area contributed by atoms with Gasteiger partial charge < -0.3 is 0 Å². The molecule has 0 saturated carbocycles. The van der Waals surface area contributed by atoms with Crippen molar-refractivity contribution >= 4 is 5.78 Å². The van der Waals surface area contributed by atoms with Crippen LogP contribution in [0.5, 0.6) is 0 Å². The summed E-state index contributed by atoms with van der Waals surface area (Å²) in [5.74, 6) is 0.0369. The van der Waals surface area contributed by atoms with Crippen LogP contribution in [0.2, 0.25) is 0 Å². The van der Waals surface area contributed by atoms with Gasteiger partial charge >= 0.3 is 0 Å². The van der Waals surface area contributed by atoms with Crippen LogP contribution in [0.25, 0.3) is 0 Å². The average molecular weight is 175 g/mol. The van der Waals surface area contributed by atoms with E-state index >= 15 is 0 Å². The van der Waals surface area contributed by atoms with E-state index in [-0.39, 0.29) is 11.7 Å². The first-order valence-corrected chi connectivity index (χ1v) is 4.66. The van der Waals surface area contributed by atoms with Crippen LogP contribution < -0.4 is 0 Å². The molecule has 69 valence electrons. The van der Waals surface area contributed by atoms with Crippen LogP contribution in [0.3, 0.4) is 0 Å². The molecule has 1 radical (unpaired) electrons. The minimum atomic E-state index is -0.193. The Morgan fingerprint density at radius 3 is 2.54 bits per heavy atom. The zero-order chi connectivity index (χ0) is 9.68. The van der Waals surface area contributed by atoms with Crippen molar-refractivity contribution in [2.45, 2.75) is 25.7 Å². The van der Waals surface area contributed by atoms with Gasteiger partial charge in [-0.2, -0.15) is 0 Å². The number of hydrogen-bond donors (Lipinski definition) is 0. The fraction of sp³-hybridized carbons (Fsp3) is 0.333. The van der Waals surface area contributed by atoms with Gasteiger partial charge in [-0.05, 0) is 18.9 Å². The Kier molecular flexibility index (Phi) is 3.69. The lowest BCUT2D eigenvalue weighted by atomic mass is 9.94. The van der Waals surface area contributed by atoms with Crippen molar-refractivity contribution in [1.82, 2.24) is 0 Å².